The monoisotopic (exact) mass is 434 g/mol. The van der Waals surface area contributed by atoms with E-state index in [9.17, 15) is 9.46 Å². The van der Waals surface area contributed by atoms with Gasteiger partial charge in [0.2, 0.25) is 0 Å². The van der Waals surface area contributed by atoms with Crippen molar-refractivity contribution in [1.29, 1.82) is 0 Å². The molecule has 0 amide bonds. The summed E-state index contributed by atoms with van der Waals surface area (Å²) in [4.78, 5) is 12.6. The number of nitrogens with two attached hydrogens (primary N) is 1. The summed E-state index contributed by atoms with van der Waals surface area (Å²) in [6, 6.07) is 0. The van der Waals surface area contributed by atoms with Gasteiger partial charge in [-0.25, -0.2) is 0 Å². The van der Waals surface area contributed by atoms with E-state index in [1.54, 1.807) is 0 Å². The maximum Gasteiger partial charge on any atom is 0.319 e. The van der Waals surface area contributed by atoms with Crippen molar-refractivity contribution >= 4 is 7.82 Å². The Morgan fingerprint density at radius 1 is 1.28 bits per heavy atom. The summed E-state index contributed by atoms with van der Waals surface area (Å²) in [7, 11) is -4.71. The van der Waals surface area contributed by atoms with Crippen LogP contribution in [-0.2, 0) is 27.8 Å². The van der Waals surface area contributed by atoms with Crippen LogP contribution in [0.15, 0.2) is 12.3 Å². The van der Waals surface area contributed by atoms with Crippen LogP contribution in [0.4, 0.5) is 0 Å². The summed E-state index contributed by atoms with van der Waals surface area (Å²) in [5, 5.41) is 0. The summed E-state index contributed by atoms with van der Waals surface area (Å²) in [6.45, 7) is 15.5. The smallest absolute Gasteiger partial charge is 0.319 e. The number of hydrogen-bond acceptors (Lipinski definition) is 8. The number of hydrogen-bond donors (Lipinski definition) is 1. The van der Waals surface area contributed by atoms with E-state index in [0.29, 0.717) is 19.3 Å². The molecule has 0 radical (unpaired) electrons. The number of phosphoric ester groups is 1. The normalized spacial score (nSPS) is 37.2. The van der Waals surface area contributed by atoms with Gasteiger partial charge in [-0.05, 0) is 53.4 Å². The van der Waals surface area contributed by atoms with Crippen LogP contribution in [0.25, 0.3) is 0 Å². The third-order valence-corrected chi connectivity index (χ3v) is 6.17. The minimum Gasteiger partial charge on any atom is -0.746 e. The van der Waals surface area contributed by atoms with Crippen LogP contribution in [0.1, 0.15) is 60.8 Å². The first-order valence-electron chi connectivity index (χ1n) is 10.4. The highest BCUT2D eigenvalue weighted by Crippen LogP contribution is 2.49. The Labute approximate surface area is 174 Å². The van der Waals surface area contributed by atoms with E-state index in [1.165, 1.54) is 0 Å². The Morgan fingerprint density at radius 2 is 1.93 bits per heavy atom. The molecule has 7 unspecified atom stereocenters. The first kappa shape index (κ1) is 24.8. The van der Waals surface area contributed by atoms with Gasteiger partial charge in [0.25, 0.3) is 0 Å². The van der Waals surface area contributed by atoms with Crippen LogP contribution in [0.5, 0.6) is 0 Å². The molecule has 1 aliphatic heterocycles. The van der Waals surface area contributed by atoms with E-state index in [1.807, 2.05) is 41.5 Å². The molecule has 7 atom stereocenters. The quantitative estimate of drug-likeness (QED) is 0.413. The summed E-state index contributed by atoms with van der Waals surface area (Å²) in [5.41, 5.74) is 5.57. The third-order valence-electron chi connectivity index (χ3n) is 5.20. The van der Waals surface area contributed by atoms with Crippen molar-refractivity contribution in [3.05, 3.63) is 12.3 Å². The van der Waals surface area contributed by atoms with E-state index in [-0.39, 0.29) is 42.7 Å². The van der Waals surface area contributed by atoms with E-state index in [4.69, 9.17) is 29.0 Å². The lowest BCUT2D eigenvalue weighted by Gasteiger charge is -2.36. The Bertz CT molecular complexity index is 614. The van der Waals surface area contributed by atoms with Gasteiger partial charge in [0.15, 0.2) is 0 Å². The highest BCUT2D eigenvalue weighted by molar-refractivity contribution is 7.46. The van der Waals surface area contributed by atoms with Crippen molar-refractivity contribution in [3.63, 3.8) is 0 Å². The third kappa shape index (κ3) is 7.03. The van der Waals surface area contributed by atoms with Crippen LogP contribution in [0.2, 0.25) is 0 Å². The van der Waals surface area contributed by atoms with Gasteiger partial charge in [-0.3, -0.25) is 4.57 Å². The van der Waals surface area contributed by atoms with Crippen LogP contribution < -0.4 is 10.6 Å². The molecule has 0 aromatic rings. The maximum atomic E-state index is 12.6. The van der Waals surface area contributed by atoms with Gasteiger partial charge in [-0.1, -0.05) is 13.5 Å². The van der Waals surface area contributed by atoms with Crippen molar-refractivity contribution in [3.8, 4) is 0 Å². The molecule has 0 spiro atoms. The van der Waals surface area contributed by atoms with Gasteiger partial charge in [0.05, 0.1) is 42.7 Å². The molecule has 9 heteroatoms. The average Bonchev–Trinajstić information content (AvgIpc) is 3.03. The van der Waals surface area contributed by atoms with Crippen LogP contribution in [0, 0.1) is 5.92 Å². The van der Waals surface area contributed by atoms with Crippen LogP contribution in [-0.4, -0.2) is 48.8 Å². The Morgan fingerprint density at radius 3 is 2.52 bits per heavy atom. The fourth-order valence-corrected chi connectivity index (χ4v) is 5.10. The molecule has 1 saturated heterocycles. The predicted octanol–water partition coefficient (Wildman–Crippen LogP) is 2.89. The SMILES string of the molecule is C=C(OP(=O)([O-])OC1CC(C)CC1(N)COC(C)C)C1OC(C)CC1OC(C)C. The molecule has 1 saturated carbocycles. The Kier molecular flexibility index (Phi) is 8.36. The maximum absolute atomic E-state index is 12.6. The molecule has 2 aliphatic rings. The second-order valence-electron chi connectivity index (χ2n) is 9.06. The molecule has 2 fully saturated rings. The first-order valence-corrected chi connectivity index (χ1v) is 11.9. The van der Waals surface area contributed by atoms with Gasteiger partial charge in [-0.2, -0.15) is 0 Å². The van der Waals surface area contributed by atoms with Gasteiger partial charge in [0.1, 0.15) is 11.9 Å². The molecule has 2 rings (SSSR count). The Hall–Kier alpha value is -0.470. The minimum absolute atomic E-state index is 0.0125. The molecule has 1 heterocycles. The van der Waals surface area contributed by atoms with Crippen LogP contribution >= 0.6 is 7.82 Å². The van der Waals surface area contributed by atoms with E-state index in [2.05, 4.69) is 6.58 Å². The van der Waals surface area contributed by atoms with Crippen molar-refractivity contribution < 1.29 is 32.7 Å². The molecular weight excluding hydrogens is 397 g/mol. The number of rotatable bonds is 10. The van der Waals surface area contributed by atoms with Crippen molar-refractivity contribution in [1.82, 2.24) is 0 Å². The average molecular weight is 434 g/mol. The lowest BCUT2D eigenvalue weighted by Crippen LogP contribution is -2.52. The van der Waals surface area contributed by atoms with Gasteiger partial charge >= 0.3 is 7.82 Å². The second-order valence-corrected chi connectivity index (χ2v) is 10.4. The molecular formula is C20H37NO7P-. The van der Waals surface area contributed by atoms with Crippen molar-refractivity contribution in [2.24, 2.45) is 11.7 Å². The predicted molar refractivity (Wildman–Crippen MR) is 108 cm³/mol. The molecule has 1 aliphatic carbocycles. The molecule has 2 N–H and O–H groups in total. The van der Waals surface area contributed by atoms with E-state index in [0.717, 1.165) is 0 Å². The molecule has 8 nitrogen and oxygen atoms in total. The summed E-state index contributed by atoms with van der Waals surface area (Å²) in [5.74, 6) is 0.178. The van der Waals surface area contributed by atoms with Crippen molar-refractivity contribution in [2.45, 2.75) is 103 Å². The molecule has 0 bridgehead atoms. The number of ether oxygens (including phenoxy) is 3. The minimum atomic E-state index is -4.71. The van der Waals surface area contributed by atoms with E-state index < -0.39 is 25.6 Å². The zero-order valence-electron chi connectivity index (χ0n) is 18.5. The zero-order valence-corrected chi connectivity index (χ0v) is 19.4. The van der Waals surface area contributed by atoms with Crippen molar-refractivity contribution in [2.75, 3.05) is 6.61 Å². The molecule has 0 aromatic carbocycles. The summed E-state index contributed by atoms with van der Waals surface area (Å²) >= 11 is 0. The Balaban J connectivity index is 2.02. The van der Waals surface area contributed by atoms with Gasteiger partial charge in [-0.15, -0.1) is 0 Å². The highest BCUT2D eigenvalue weighted by Gasteiger charge is 2.47. The van der Waals surface area contributed by atoms with Gasteiger partial charge < -0.3 is 33.9 Å². The summed E-state index contributed by atoms with van der Waals surface area (Å²) in [6.07, 6.45) is -0.0948. The standard InChI is InChI=1S/C20H38NO7P/c1-12(2)24-11-20(21)10-14(5)8-18(20)28-29(22,23)27-16(7)19-17(25-13(3)4)9-15(6)26-19/h12-15,17-19H,7-11,21H2,1-6H3,(H,22,23)/p-1. The highest BCUT2D eigenvalue weighted by atomic mass is 31.2. The topological polar surface area (TPSA) is 112 Å². The fraction of sp³-hybridized carbons (Fsp3) is 0.900. The van der Waals surface area contributed by atoms with E-state index >= 15 is 0 Å². The first-order chi connectivity index (χ1) is 13.3. The lowest BCUT2D eigenvalue weighted by atomic mass is 9.97. The summed E-state index contributed by atoms with van der Waals surface area (Å²) < 4.78 is 40.5. The zero-order chi connectivity index (χ0) is 22.0. The number of phosphoric acid groups is 1. The fourth-order valence-electron chi connectivity index (χ4n) is 4.06. The second kappa shape index (κ2) is 9.77. The molecule has 0 aromatic heterocycles. The lowest BCUT2D eigenvalue weighted by molar-refractivity contribution is -0.230. The largest absolute Gasteiger partial charge is 0.746 e. The van der Waals surface area contributed by atoms with Crippen LogP contribution in [0.3, 0.4) is 0 Å². The molecule has 170 valence electrons. The molecule has 29 heavy (non-hydrogen) atoms. The van der Waals surface area contributed by atoms with Gasteiger partial charge in [0, 0.05) is 6.42 Å².